The molecule has 2 fully saturated rings. The number of halogens is 1. The molecule has 0 radical (unpaired) electrons. The number of hydrogen-bond acceptors (Lipinski definition) is 4. The molecule has 3 N–H and O–H groups in total. The summed E-state index contributed by atoms with van der Waals surface area (Å²) in [5.41, 5.74) is 1.87. The van der Waals surface area contributed by atoms with E-state index in [0.717, 1.165) is 19.0 Å². The Bertz CT molecular complexity index is 597. The lowest BCUT2D eigenvalue weighted by Gasteiger charge is -2.32. The molecule has 3 rings (SSSR count). The molecule has 0 aliphatic carbocycles. The lowest BCUT2D eigenvalue weighted by molar-refractivity contribution is -0.0594. The van der Waals surface area contributed by atoms with Gasteiger partial charge in [0.05, 0.1) is 12.1 Å². The number of ether oxygens (including phenoxy) is 1. The van der Waals surface area contributed by atoms with Crippen LogP contribution in [0, 0.1) is 0 Å². The van der Waals surface area contributed by atoms with Crippen LogP contribution < -0.4 is 10.6 Å². The van der Waals surface area contributed by atoms with E-state index in [1.807, 2.05) is 6.92 Å². The topological polar surface area (TPSA) is 69.1 Å². The van der Waals surface area contributed by atoms with Gasteiger partial charge in [-0.1, -0.05) is 24.3 Å². The van der Waals surface area contributed by atoms with Crippen molar-refractivity contribution in [2.24, 2.45) is 4.99 Å². The third kappa shape index (κ3) is 7.50. The van der Waals surface area contributed by atoms with E-state index in [-0.39, 0.29) is 24.0 Å². The Labute approximate surface area is 186 Å². The summed E-state index contributed by atoms with van der Waals surface area (Å²) in [7, 11) is 0. The summed E-state index contributed by atoms with van der Waals surface area (Å²) in [6.07, 6.45) is 3.99. The van der Waals surface area contributed by atoms with Gasteiger partial charge in [0.15, 0.2) is 5.96 Å². The van der Waals surface area contributed by atoms with Gasteiger partial charge in [0.2, 0.25) is 0 Å². The van der Waals surface area contributed by atoms with Crippen molar-refractivity contribution in [3.63, 3.8) is 0 Å². The van der Waals surface area contributed by atoms with Gasteiger partial charge in [0.25, 0.3) is 0 Å². The summed E-state index contributed by atoms with van der Waals surface area (Å²) >= 11 is 0. The second-order valence-electron chi connectivity index (χ2n) is 7.69. The first kappa shape index (κ1) is 23.4. The Morgan fingerprint density at radius 1 is 1.11 bits per heavy atom. The lowest BCUT2D eigenvalue weighted by atomic mass is 9.94. The first-order chi connectivity index (χ1) is 13.2. The molecule has 7 heteroatoms. The van der Waals surface area contributed by atoms with Crippen LogP contribution in [0.5, 0.6) is 0 Å². The summed E-state index contributed by atoms with van der Waals surface area (Å²) in [5.74, 6) is 0.749. The second-order valence-corrected chi connectivity index (χ2v) is 7.69. The molecule has 0 spiro atoms. The number of guanidine groups is 1. The van der Waals surface area contributed by atoms with Crippen LogP contribution in [0.25, 0.3) is 0 Å². The maximum atomic E-state index is 10.6. The zero-order valence-electron chi connectivity index (χ0n) is 17.0. The van der Waals surface area contributed by atoms with E-state index in [4.69, 9.17) is 4.74 Å². The van der Waals surface area contributed by atoms with Crippen LogP contribution in [0.15, 0.2) is 29.3 Å². The van der Waals surface area contributed by atoms with E-state index in [1.54, 1.807) is 0 Å². The summed E-state index contributed by atoms with van der Waals surface area (Å²) < 4.78 is 5.34. The van der Waals surface area contributed by atoms with E-state index < -0.39 is 5.60 Å². The van der Waals surface area contributed by atoms with Gasteiger partial charge in [-0.2, -0.15) is 0 Å². The molecule has 0 aromatic heterocycles. The summed E-state index contributed by atoms with van der Waals surface area (Å²) in [6, 6.07) is 8.78. The van der Waals surface area contributed by atoms with E-state index in [9.17, 15) is 5.11 Å². The SMILES string of the molecule is CCNC(=NCc1ccc(CN2CCCC2)cc1)NCC1(O)CCOCC1.I. The largest absolute Gasteiger partial charge is 0.388 e. The number of benzene rings is 1. The molecule has 0 unspecified atom stereocenters. The number of likely N-dealkylation sites (tertiary alicyclic amines) is 1. The minimum atomic E-state index is -0.703. The second kappa shape index (κ2) is 11.9. The van der Waals surface area contributed by atoms with Crippen LogP contribution in [-0.4, -0.2) is 61.0 Å². The third-order valence-electron chi connectivity index (χ3n) is 5.40. The van der Waals surface area contributed by atoms with Gasteiger partial charge in [0.1, 0.15) is 0 Å². The minimum absolute atomic E-state index is 0. The van der Waals surface area contributed by atoms with Gasteiger partial charge < -0.3 is 20.5 Å². The predicted molar refractivity (Wildman–Crippen MR) is 124 cm³/mol. The van der Waals surface area contributed by atoms with Gasteiger partial charge >= 0.3 is 0 Å². The predicted octanol–water partition coefficient (Wildman–Crippen LogP) is 2.50. The number of aliphatic imine (C=N–C) groups is 1. The molecule has 2 aliphatic heterocycles. The van der Waals surface area contributed by atoms with Crippen LogP contribution in [0.3, 0.4) is 0 Å². The van der Waals surface area contributed by atoms with Gasteiger partial charge in [-0.3, -0.25) is 4.90 Å². The number of nitrogens with one attached hydrogen (secondary N) is 2. The molecule has 0 amide bonds. The average Bonchev–Trinajstić information content (AvgIpc) is 3.19. The van der Waals surface area contributed by atoms with Crippen molar-refractivity contribution in [3.8, 4) is 0 Å². The summed E-state index contributed by atoms with van der Waals surface area (Å²) in [5, 5.41) is 17.1. The van der Waals surface area contributed by atoms with Crippen LogP contribution >= 0.6 is 24.0 Å². The fourth-order valence-corrected chi connectivity index (χ4v) is 3.64. The molecular formula is C21H35IN4O2. The van der Waals surface area contributed by atoms with Gasteiger partial charge in [0, 0.05) is 45.7 Å². The first-order valence-electron chi connectivity index (χ1n) is 10.3. The standard InChI is InChI=1S/C21H34N4O2.HI/c1-2-22-20(24-17-21(26)9-13-27-14-10-21)23-15-18-5-7-19(8-6-18)16-25-11-3-4-12-25;/h5-8,26H,2-4,9-17H2,1H3,(H2,22,23,24);1H. The zero-order chi connectivity index (χ0) is 19.0. The highest BCUT2D eigenvalue weighted by Crippen LogP contribution is 2.19. The monoisotopic (exact) mass is 502 g/mol. The van der Waals surface area contributed by atoms with Crippen molar-refractivity contribution >= 4 is 29.9 Å². The van der Waals surface area contributed by atoms with Crippen molar-refractivity contribution in [2.45, 2.75) is 51.3 Å². The van der Waals surface area contributed by atoms with Crippen molar-refractivity contribution in [3.05, 3.63) is 35.4 Å². The van der Waals surface area contributed by atoms with Crippen LogP contribution in [0.1, 0.15) is 43.7 Å². The Balaban J connectivity index is 0.00000280. The maximum absolute atomic E-state index is 10.6. The molecule has 158 valence electrons. The summed E-state index contributed by atoms with van der Waals surface area (Å²) in [4.78, 5) is 7.19. The Hall–Kier alpha value is -0.900. The molecule has 2 aliphatic rings. The molecule has 2 saturated heterocycles. The summed E-state index contributed by atoms with van der Waals surface area (Å²) in [6.45, 7) is 8.71. The third-order valence-corrected chi connectivity index (χ3v) is 5.40. The smallest absolute Gasteiger partial charge is 0.191 e. The van der Waals surface area contributed by atoms with E-state index in [0.29, 0.717) is 39.1 Å². The molecule has 0 saturated carbocycles. The number of hydrogen-bond donors (Lipinski definition) is 3. The zero-order valence-corrected chi connectivity index (χ0v) is 19.3. The molecule has 1 aromatic carbocycles. The Kier molecular flexibility index (Phi) is 9.98. The molecule has 2 heterocycles. The average molecular weight is 502 g/mol. The van der Waals surface area contributed by atoms with Gasteiger partial charge in [-0.25, -0.2) is 4.99 Å². The van der Waals surface area contributed by atoms with Crippen LogP contribution in [-0.2, 0) is 17.8 Å². The highest BCUT2D eigenvalue weighted by molar-refractivity contribution is 14.0. The van der Waals surface area contributed by atoms with Crippen LogP contribution in [0.4, 0.5) is 0 Å². The normalized spacial score (nSPS) is 19.9. The van der Waals surface area contributed by atoms with Crippen molar-refractivity contribution < 1.29 is 9.84 Å². The van der Waals surface area contributed by atoms with Crippen molar-refractivity contribution in [1.29, 1.82) is 0 Å². The van der Waals surface area contributed by atoms with Gasteiger partial charge in [-0.05, 0) is 44.0 Å². The maximum Gasteiger partial charge on any atom is 0.191 e. The van der Waals surface area contributed by atoms with Crippen molar-refractivity contribution in [1.82, 2.24) is 15.5 Å². The molecule has 6 nitrogen and oxygen atoms in total. The molecule has 1 aromatic rings. The number of rotatable bonds is 7. The van der Waals surface area contributed by atoms with Crippen molar-refractivity contribution in [2.75, 3.05) is 39.4 Å². The van der Waals surface area contributed by atoms with E-state index in [2.05, 4.69) is 44.8 Å². The molecule has 0 bridgehead atoms. The van der Waals surface area contributed by atoms with E-state index in [1.165, 1.54) is 37.1 Å². The fourth-order valence-electron chi connectivity index (χ4n) is 3.64. The molecule has 0 atom stereocenters. The van der Waals surface area contributed by atoms with E-state index >= 15 is 0 Å². The molecular weight excluding hydrogens is 467 g/mol. The Morgan fingerprint density at radius 3 is 2.39 bits per heavy atom. The quantitative estimate of drug-likeness (QED) is 0.304. The highest BCUT2D eigenvalue weighted by atomic mass is 127. The first-order valence-corrected chi connectivity index (χ1v) is 10.3. The number of nitrogens with zero attached hydrogens (tertiary/aromatic N) is 2. The molecule has 28 heavy (non-hydrogen) atoms. The highest BCUT2D eigenvalue weighted by Gasteiger charge is 2.29. The van der Waals surface area contributed by atoms with Gasteiger partial charge in [-0.15, -0.1) is 24.0 Å². The Morgan fingerprint density at radius 2 is 1.75 bits per heavy atom. The van der Waals surface area contributed by atoms with Crippen LogP contribution in [0.2, 0.25) is 0 Å². The minimum Gasteiger partial charge on any atom is -0.388 e. The lowest BCUT2D eigenvalue weighted by Crippen LogP contribution is -2.49. The number of aliphatic hydroxyl groups is 1. The fraction of sp³-hybridized carbons (Fsp3) is 0.667.